The van der Waals surface area contributed by atoms with Crippen LogP contribution in [0, 0.1) is 0 Å². The monoisotopic (exact) mass is 373 g/mol. The molecular weight excluding hydrogens is 338 g/mol. The lowest BCUT2D eigenvalue weighted by Crippen LogP contribution is -2.44. The van der Waals surface area contributed by atoms with Crippen molar-refractivity contribution < 1.29 is 4.79 Å². The number of likely N-dealkylation sites (N-methyl/N-ethyl adjacent to an activating group) is 2. The number of carbonyl (C=O) groups excluding carboxylic acids is 1. The van der Waals surface area contributed by atoms with Crippen LogP contribution in [0.5, 0.6) is 0 Å². The van der Waals surface area contributed by atoms with Gasteiger partial charge in [-0.3, -0.25) is 4.79 Å². The molecule has 1 fully saturated rings. The molecule has 0 aromatic heterocycles. The van der Waals surface area contributed by atoms with Crippen molar-refractivity contribution in [1.29, 1.82) is 0 Å². The highest BCUT2D eigenvalue weighted by Crippen LogP contribution is 2.21. The van der Waals surface area contributed by atoms with Gasteiger partial charge in [0.15, 0.2) is 11.7 Å². The van der Waals surface area contributed by atoms with Gasteiger partial charge in [-0.05, 0) is 52.9 Å². The SMILES string of the molecule is CCN(CCN(C)C)C(=N[C@H]1CCCC[C@@H]1N)Nc1cccc(C(C)=O)c1. The van der Waals surface area contributed by atoms with Gasteiger partial charge >= 0.3 is 0 Å². The van der Waals surface area contributed by atoms with Crippen LogP contribution < -0.4 is 11.1 Å². The number of ketones is 1. The van der Waals surface area contributed by atoms with E-state index in [1.165, 1.54) is 12.8 Å². The Hall–Kier alpha value is -1.92. The normalized spacial score (nSPS) is 20.6. The zero-order valence-electron chi connectivity index (χ0n) is 17.2. The Morgan fingerprint density at radius 2 is 2.00 bits per heavy atom. The van der Waals surface area contributed by atoms with E-state index in [0.717, 1.165) is 44.1 Å². The Morgan fingerprint density at radius 3 is 2.63 bits per heavy atom. The van der Waals surface area contributed by atoms with Crippen LogP contribution in [0.4, 0.5) is 5.69 Å². The van der Waals surface area contributed by atoms with Gasteiger partial charge in [-0.2, -0.15) is 0 Å². The Labute approximate surface area is 163 Å². The number of rotatable bonds is 7. The minimum atomic E-state index is 0.0615. The molecule has 1 aliphatic rings. The maximum Gasteiger partial charge on any atom is 0.198 e. The van der Waals surface area contributed by atoms with Gasteiger partial charge in [0, 0.05) is 36.9 Å². The van der Waals surface area contributed by atoms with E-state index in [2.05, 4.69) is 36.1 Å². The summed E-state index contributed by atoms with van der Waals surface area (Å²) in [6.07, 6.45) is 4.43. The van der Waals surface area contributed by atoms with Crippen molar-refractivity contribution in [3.05, 3.63) is 29.8 Å². The lowest BCUT2D eigenvalue weighted by atomic mass is 9.91. The van der Waals surface area contributed by atoms with Gasteiger partial charge in [0.2, 0.25) is 0 Å². The van der Waals surface area contributed by atoms with Gasteiger partial charge in [0.25, 0.3) is 0 Å². The lowest BCUT2D eigenvalue weighted by Gasteiger charge is -2.31. The molecular formula is C21H35N5O. The molecule has 6 heteroatoms. The highest BCUT2D eigenvalue weighted by Gasteiger charge is 2.23. The molecule has 0 aliphatic heterocycles. The summed E-state index contributed by atoms with van der Waals surface area (Å²) in [4.78, 5) is 21.2. The van der Waals surface area contributed by atoms with E-state index in [9.17, 15) is 4.79 Å². The van der Waals surface area contributed by atoms with Crippen LogP contribution in [0.3, 0.4) is 0 Å². The first kappa shape index (κ1) is 21.4. The quantitative estimate of drug-likeness (QED) is 0.437. The van der Waals surface area contributed by atoms with Crippen LogP contribution in [0.2, 0.25) is 0 Å². The van der Waals surface area contributed by atoms with E-state index in [4.69, 9.17) is 10.7 Å². The molecule has 3 N–H and O–H groups in total. The molecule has 0 amide bonds. The zero-order chi connectivity index (χ0) is 19.8. The number of nitrogens with zero attached hydrogens (tertiary/aromatic N) is 3. The van der Waals surface area contributed by atoms with E-state index >= 15 is 0 Å². The second-order valence-corrected chi connectivity index (χ2v) is 7.61. The number of carbonyl (C=O) groups is 1. The third-order valence-electron chi connectivity index (χ3n) is 5.09. The van der Waals surface area contributed by atoms with Crippen molar-refractivity contribution in [2.75, 3.05) is 39.0 Å². The maximum absolute atomic E-state index is 11.7. The number of nitrogens with one attached hydrogen (secondary N) is 1. The molecule has 0 spiro atoms. The fourth-order valence-corrected chi connectivity index (χ4v) is 3.33. The van der Waals surface area contributed by atoms with E-state index in [1.54, 1.807) is 6.92 Å². The first-order chi connectivity index (χ1) is 12.9. The van der Waals surface area contributed by atoms with Crippen LogP contribution in [0.25, 0.3) is 0 Å². The number of hydrogen-bond donors (Lipinski definition) is 2. The number of aliphatic imine (C=N–C) groups is 1. The summed E-state index contributed by atoms with van der Waals surface area (Å²) in [5.74, 6) is 0.911. The molecule has 1 aliphatic carbocycles. The van der Waals surface area contributed by atoms with E-state index in [-0.39, 0.29) is 17.9 Å². The van der Waals surface area contributed by atoms with Crippen molar-refractivity contribution in [3.63, 3.8) is 0 Å². The molecule has 150 valence electrons. The predicted octanol–water partition coefficient (Wildman–Crippen LogP) is 2.81. The molecule has 0 bridgehead atoms. The Bertz CT molecular complexity index is 643. The van der Waals surface area contributed by atoms with Crippen molar-refractivity contribution >= 4 is 17.4 Å². The molecule has 0 radical (unpaired) electrons. The summed E-state index contributed by atoms with van der Waals surface area (Å²) in [7, 11) is 4.15. The average molecular weight is 374 g/mol. The third-order valence-corrected chi connectivity index (χ3v) is 5.09. The first-order valence-electron chi connectivity index (χ1n) is 10.0. The lowest BCUT2D eigenvalue weighted by molar-refractivity contribution is 0.101. The fourth-order valence-electron chi connectivity index (χ4n) is 3.33. The summed E-state index contributed by atoms with van der Waals surface area (Å²) in [6, 6.07) is 7.86. The summed E-state index contributed by atoms with van der Waals surface area (Å²) in [6.45, 7) is 6.40. The van der Waals surface area contributed by atoms with Crippen molar-refractivity contribution in [2.24, 2.45) is 10.7 Å². The molecule has 2 rings (SSSR count). The van der Waals surface area contributed by atoms with Gasteiger partial charge in [-0.25, -0.2) is 4.99 Å². The minimum absolute atomic E-state index is 0.0615. The van der Waals surface area contributed by atoms with Crippen LogP contribution in [-0.2, 0) is 0 Å². The molecule has 1 aromatic carbocycles. The van der Waals surface area contributed by atoms with E-state index in [1.807, 2.05) is 24.3 Å². The Balaban J connectivity index is 2.27. The Kier molecular flexibility index (Phi) is 8.25. The summed E-state index contributed by atoms with van der Waals surface area (Å²) in [5.41, 5.74) is 7.92. The molecule has 0 unspecified atom stereocenters. The van der Waals surface area contributed by atoms with Crippen LogP contribution in [-0.4, -0.2) is 67.4 Å². The number of guanidine groups is 1. The standard InChI is InChI=1S/C21H35N5O/c1-5-26(14-13-25(3)4)21(24-20-12-7-6-11-19(20)22)23-18-10-8-9-17(15-18)16(2)27/h8-10,15,19-20H,5-7,11-14,22H2,1-4H3,(H,23,24)/t19-,20-/m0/s1. The van der Waals surface area contributed by atoms with Crippen molar-refractivity contribution in [1.82, 2.24) is 9.80 Å². The molecule has 0 heterocycles. The topological polar surface area (TPSA) is 74.0 Å². The molecule has 6 nitrogen and oxygen atoms in total. The molecule has 1 aromatic rings. The van der Waals surface area contributed by atoms with Gasteiger partial charge in [-0.1, -0.05) is 25.0 Å². The average Bonchev–Trinajstić information content (AvgIpc) is 2.64. The van der Waals surface area contributed by atoms with Gasteiger partial charge < -0.3 is 20.9 Å². The summed E-state index contributed by atoms with van der Waals surface area (Å²) < 4.78 is 0. The van der Waals surface area contributed by atoms with Gasteiger partial charge in [0.1, 0.15) is 0 Å². The predicted molar refractivity (Wildman–Crippen MR) is 114 cm³/mol. The second kappa shape index (κ2) is 10.4. The maximum atomic E-state index is 11.7. The smallest absolute Gasteiger partial charge is 0.198 e. The van der Waals surface area contributed by atoms with Crippen LogP contribution in [0.15, 0.2) is 29.3 Å². The fraction of sp³-hybridized carbons (Fsp3) is 0.619. The number of Topliss-reactive ketones (excluding diaryl/α,β-unsaturated/α-hetero) is 1. The minimum Gasteiger partial charge on any atom is -0.342 e. The highest BCUT2D eigenvalue weighted by atomic mass is 16.1. The van der Waals surface area contributed by atoms with Crippen molar-refractivity contribution in [2.45, 2.75) is 51.6 Å². The highest BCUT2D eigenvalue weighted by molar-refractivity contribution is 5.98. The molecule has 0 saturated heterocycles. The molecule has 2 atom stereocenters. The summed E-state index contributed by atoms with van der Waals surface area (Å²) >= 11 is 0. The number of nitrogens with two attached hydrogens (primary N) is 1. The second-order valence-electron chi connectivity index (χ2n) is 7.61. The van der Waals surface area contributed by atoms with Gasteiger partial charge in [-0.15, -0.1) is 0 Å². The Morgan fingerprint density at radius 1 is 1.26 bits per heavy atom. The zero-order valence-corrected chi connectivity index (χ0v) is 17.2. The van der Waals surface area contributed by atoms with Crippen LogP contribution in [0.1, 0.15) is 49.9 Å². The van der Waals surface area contributed by atoms with E-state index < -0.39 is 0 Å². The molecule has 1 saturated carbocycles. The van der Waals surface area contributed by atoms with Gasteiger partial charge in [0.05, 0.1) is 6.04 Å². The largest absolute Gasteiger partial charge is 0.342 e. The number of anilines is 1. The summed E-state index contributed by atoms with van der Waals surface area (Å²) in [5, 5.41) is 3.47. The first-order valence-corrected chi connectivity index (χ1v) is 10.0. The van der Waals surface area contributed by atoms with Crippen LogP contribution >= 0.6 is 0 Å². The number of benzene rings is 1. The molecule has 27 heavy (non-hydrogen) atoms. The third kappa shape index (κ3) is 6.63. The number of hydrogen-bond acceptors (Lipinski definition) is 4. The van der Waals surface area contributed by atoms with Crippen molar-refractivity contribution in [3.8, 4) is 0 Å². The van der Waals surface area contributed by atoms with E-state index in [0.29, 0.717) is 5.56 Å².